The Kier molecular flexibility index (Phi) is 12.2. The molecule has 0 bridgehead atoms. The van der Waals surface area contributed by atoms with Crippen molar-refractivity contribution in [2.75, 3.05) is 38.5 Å². The highest BCUT2D eigenvalue weighted by molar-refractivity contribution is 6.02. The highest BCUT2D eigenvalue weighted by Crippen LogP contribution is 2.28. The molecule has 11 heteroatoms. The van der Waals surface area contributed by atoms with Crippen LogP contribution in [0.25, 0.3) is 0 Å². The van der Waals surface area contributed by atoms with E-state index in [-0.39, 0.29) is 42.2 Å². The Hall–Kier alpha value is -3.73. The number of likely N-dealkylation sites (N-methyl/N-ethyl adjacent to an activating group) is 1. The summed E-state index contributed by atoms with van der Waals surface area (Å²) in [4.78, 5) is 56.5. The van der Waals surface area contributed by atoms with Crippen LogP contribution in [0.2, 0.25) is 0 Å². The number of nitrogens with zero attached hydrogens (tertiary/aromatic N) is 2. The lowest BCUT2D eigenvalue weighted by atomic mass is 9.90. The van der Waals surface area contributed by atoms with Crippen molar-refractivity contribution in [2.45, 2.75) is 90.1 Å². The van der Waals surface area contributed by atoms with Gasteiger partial charge in [-0.15, -0.1) is 0 Å². The molecule has 4 rings (SSSR count). The number of carbonyl (C=O) groups is 4. The van der Waals surface area contributed by atoms with E-state index >= 15 is 4.39 Å². The van der Waals surface area contributed by atoms with Crippen molar-refractivity contribution < 1.29 is 28.0 Å². The second kappa shape index (κ2) is 16.0. The molecule has 1 saturated heterocycles. The summed E-state index contributed by atoms with van der Waals surface area (Å²) in [5, 5.41) is 8.46. The summed E-state index contributed by atoms with van der Waals surface area (Å²) in [6.45, 7) is 8.18. The molecule has 2 aromatic rings. The number of hydrogen-bond donors (Lipinski definition) is 3. The van der Waals surface area contributed by atoms with Crippen LogP contribution >= 0.6 is 0 Å². The summed E-state index contributed by atoms with van der Waals surface area (Å²) in [7, 11) is 2.00. The van der Waals surface area contributed by atoms with Gasteiger partial charge in [0.25, 0.3) is 5.91 Å². The summed E-state index contributed by atoms with van der Waals surface area (Å²) < 4.78 is 21.0. The van der Waals surface area contributed by atoms with E-state index in [2.05, 4.69) is 20.9 Å². The molecule has 1 saturated carbocycles. The van der Waals surface area contributed by atoms with Gasteiger partial charge in [0.15, 0.2) is 0 Å². The van der Waals surface area contributed by atoms with Gasteiger partial charge in [0.2, 0.25) is 17.7 Å². The van der Waals surface area contributed by atoms with E-state index < -0.39 is 29.7 Å². The van der Waals surface area contributed by atoms with Crippen molar-refractivity contribution >= 4 is 29.3 Å². The van der Waals surface area contributed by atoms with E-state index in [1.54, 1.807) is 24.0 Å². The van der Waals surface area contributed by atoms with Crippen LogP contribution < -0.4 is 16.0 Å². The zero-order valence-corrected chi connectivity index (χ0v) is 27.0. The van der Waals surface area contributed by atoms with Crippen LogP contribution in [0.15, 0.2) is 34.9 Å². The number of benzene rings is 1. The molecule has 2 heterocycles. The third-order valence-corrected chi connectivity index (χ3v) is 8.91. The fraction of sp³-hybridized carbons (Fsp3) is 0.588. The Morgan fingerprint density at radius 2 is 1.67 bits per heavy atom. The number of furan rings is 1. The van der Waals surface area contributed by atoms with Crippen molar-refractivity contribution in [3.05, 3.63) is 53.2 Å². The van der Waals surface area contributed by atoms with E-state index in [0.717, 1.165) is 51.6 Å². The average Bonchev–Trinajstić information content (AvgIpc) is 3.37. The van der Waals surface area contributed by atoms with Crippen LogP contribution in [0.1, 0.15) is 93.3 Å². The normalized spacial score (nSPS) is 17.8. The number of hydrogen-bond acceptors (Lipinski definition) is 6. The first kappa shape index (κ1) is 34.1. The maximum Gasteiger partial charge on any atom is 0.255 e. The van der Waals surface area contributed by atoms with E-state index in [0.29, 0.717) is 30.0 Å². The standard InChI is InChI=1S/C34H48FN5O5/c1-5-29(41)36-28(34(44)40-17-15-39(4)16-18-40)21-23-12-13-27(26(35)20-23)37-33(43)30(24-10-8-6-7-9-11-24)38-32(42)25-14-19-45-31(25)22(2)3/h12-14,19-20,22,24,28,30H,5-11,15-18,21H2,1-4H3,(H,36,41)(H,37,43)(H,38,42)/t28-,30+/m1/s1. The summed E-state index contributed by atoms with van der Waals surface area (Å²) in [6, 6.07) is 4.35. The SMILES string of the molecule is CCC(=O)N[C@H](Cc1ccc(NC(=O)[C@@H](NC(=O)c2ccoc2C(C)C)C2CCCCCC2)c(F)c1)C(=O)N1CCN(C)CC1. The van der Waals surface area contributed by atoms with Gasteiger partial charge >= 0.3 is 0 Å². The molecule has 3 N–H and O–H groups in total. The molecule has 10 nitrogen and oxygen atoms in total. The topological polar surface area (TPSA) is 124 Å². The Balaban J connectivity index is 1.49. The number of anilines is 1. The van der Waals surface area contributed by atoms with Gasteiger partial charge in [-0.25, -0.2) is 4.39 Å². The van der Waals surface area contributed by atoms with E-state index in [1.807, 2.05) is 20.9 Å². The molecule has 45 heavy (non-hydrogen) atoms. The molecule has 0 spiro atoms. The first-order valence-corrected chi connectivity index (χ1v) is 16.3. The van der Waals surface area contributed by atoms with Gasteiger partial charge in [-0.3, -0.25) is 19.2 Å². The fourth-order valence-corrected chi connectivity index (χ4v) is 6.19. The Bertz CT molecular complexity index is 1330. The first-order chi connectivity index (χ1) is 21.6. The van der Waals surface area contributed by atoms with Gasteiger partial charge < -0.3 is 30.2 Å². The van der Waals surface area contributed by atoms with Crippen LogP contribution in [0.3, 0.4) is 0 Å². The minimum Gasteiger partial charge on any atom is -0.468 e. The van der Waals surface area contributed by atoms with Gasteiger partial charge in [-0.2, -0.15) is 0 Å². The molecule has 1 aromatic heterocycles. The van der Waals surface area contributed by atoms with Gasteiger partial charge in [0.05, 0.1) is 17.5 Å². The van der Waals surface area contributed by atoms with E-state index in [1.165, 1.54) is 18.4 Å². The molecule has 2 atom stereocenters. The highest BCUT2D eigenvalue weighted by atomic mass is 19.1. The molecule has 4 amide bonds. The van der Waals surface area contributed by atoms with Crippen molar-refractivity contribution in [1.29, 1.82) is 0 Å². The molecule has 1 aliphatic carbocycles. The molecule has 2 aliphatic rings. The van der Waals surface area contributed by atoms with Gasteiger partial charge in [-0.05, 0) is 49.6 Å². The number of amides is 4. The molecule has 1 aliphatic heterocycles. The maximum atomic E-state index is 15.5. The predicted molar refractivity (Wildman–Crippen MR) is 170 cm³/mol. The number of rotatable bonds is 11. The minimum absolute atomic E-state index is 0.00902. The third-order valence-electron chi connectivity index (χ3n) is 8.91. The summed E-state index contributed by atoms with van der Waals surface area (Å²) in [6.07, 6.45) is 7.45. The van der Waals surface area contributed by atoms with Gasteiger partial charge in [-0.1, -0.05) is 52.5 Å². The Labute approximate surface area is 265 Å². The monoisotopic (exact) mass is 625 g/mol. The zero-order chi connectivity index (χ0) is 32.5. The molecule has 246 valence electrons. The number of carbonyl (C=O) groups excluding carboxylic acids is 4. The predicted octanol–water partition coefficient (Wildman–Crippen LogP) is 4.46. The van der Waals surface area contributed by atoms with Crippen LogP contribution in [-0.4, -0.2) is 78.7 Å². The minimum atomic E-state index is -0.848. The van der Waals surface area contributed by atoms with Crippen molar-refractivity contribution in [2.24, 2.45) is 5.92 Å². The lowest BCUT2D eigenvalue weighted by molar-refractivity contribution is -0.137. The Morgan fingerprint density at radius 1 is 0.978 bits per heavy atom. The fourth-order valence-electron chi connectivity index (χ4n) is 6.19. The second-order valence-electron chi connectivity index (χ2n) is 12.7. The van der Waals surface area contributed by atoms with Crippen molar-refractivity contribution in [1.82, 2.24) is 20.4 Å². The lowest BCUT2D eigenvalue weighted by Gasteiger charge is -2.34. The summed E-state index contributed by atoms with van der Waals surface area (Å²) in [5.74, 6) is -1.52. The third kappa shape index (κ3) is 9.15. The van der Waals surface area contributed by atoms with Crippen LogP contribution in [0.5, 0.6) is 0 Å². The molecule has 2 fully saturated rings. The van der Waals surface area contributed by atoms with Crippen LogP contribution in [-0.2, 0) is 20.8 Å². The summed E-state index contributed by atoms with van der Waals surface area (Å²) >= 11 is 0. The highest BCUT2D eigenvalue weighted by Gasteiger charge is 2.33. The van der Waals surface area contributed by atoms with Crippen LogP contribution in [0, 0.1) is 11.7 Å². The van der Waals surface area contributed by atoms with Crippen LogP contribution in [0.4, 0.5) is 10.1 Å². The molecule has 1 aromatic carbocycles. The average molecular weight is 626 g/mol. The van der Waals surface area contributed by atoms with Crippen molar-refractivity contribution in [3.63, 3.8) is 0 Å². The van der Waals surface area contributed by atoms with E-state index in [4.69, 9.17) is 4.42 Å². The maximum absolute atomic E-state index is 15.5. The molecular formula is C34H48FN5O5. The van der Waals surface area contributed by atoms with E-state index in [9.17, 15) is 19.2 Å². The Morgan fingerprint density at radius 3 is 2.29 bits per heavy atom. The smallest absolute Gasteiger partial charge is 0.255 e. The second-order valence-corrected chi connectivity index (χ2v) is 12.7. The quantitative estimate of drug-likeness (QED) is 0.317. The first-order valence-electron chi connectivity index (χ1n) is 16.3. The number of piperazine rings is 1. The van der Waals surface area contributed by atoms with Crippen molar-refractivity contribution in [3.8, 4) is 0 Å². The molecule has 0 unspecified atom stereocenters. The number of halogens is 1. The number of nitrogens with one attached hydrogen (secondary N) is 3. The largest absolute Gasteiger partial charge is 0.468 e. The van der Waals surface area contributed by atoms with Gasteiger partial charge in [0.1, 0.15) is 23.7 Å². The lowest BCUT2D eigenvalue weighted by Crippen LogP contribution is -2.54. The van der Waals surface area contributed by atoms with Gasteiger partial charge in [0, 0.05) is 44.9 Å². The molecular weight excluding hydrogens is 577 g/mol. The zero-order valence-electron chi connectivity index (χ0n) is 27.0. The summed E-state index contributed by atoms with van der Waals surface area (Å²) in [5.41, 5.74) is 0.898. The molecule has 0 radical (unpaired) electrons.